The first-order valence-corrected chi connectivity index (χ1v) is 18.9. The predicted octanol–water partition coefficient (Wildman–Crippen LogP) is 8.37. The Balaban J connectivity index is 0.983. The topological polar surface area (TPSA) is 71.2 Å². The number of urea groups is 2. The summed E-state index contributed by atoms with van der Waals surface area (Å²) in [5.74, 6) is 3.92. The van der Waals surface area contributed by atoms with Crippen molar-refractivity contribution in [3.05, 3.63) is 48.5 Å². The van der Waals surface area contributed by atoms with Gasteiger partial charge in [0.2, 0.25) is 0 Å². The second-order valence-corrected chi connectivity index (χ2v) is 16.4. The minimum absolute atomic E-state index is 0.0741. The van der Waals surface area contributed by atoms with Gasteiger partial charge in [-0.3, -0.25) is 0 Å². The summed E-state index contributed by atoms with van der Waals surface area (Å²) in [4.78, 5) is 36.5. The van der Waals surface area contributed by atoms with Crippen molar-refractivity contribution < 1.29 is 9.59 Å². The standard InChI is InChI=1S/C40H58N6O2/c1-43(2)35-17-13-33(14-18-35)41-39(47)45(37-23-29-9-11-31(37)21-29)25-27-5-7-28(8-6-27)26-46(38-24-30-10-12-32(38)22-30)40(48)42-34-15-19-36(20-16-34)44(3)4/h13-20,27-32,37-38H,5-12,21-26H2,1-4H3,(H,41,47)(H,42,48). The molecule has 7 rings (SSSR count). The third-order valence-electron chi connectivity index (χ3n) is 12.9. The lowest BCUT2D eigenvalue weighted by Crippen LogP contribution is -2.49. The van der Waals surface area contributed by atoms with Crippen LogP contribution in [0.25, 0.3) is 0 Å². The van der Waals surface area contributed by atoms with Gasteiger partial charge in [-0.15, -0.1) is 0 Å². The number of rotatable bonds is 10. The van der Waals surface area contributed by atoms with E-state index in [1.165, 1.54) is 51.4 Å². The summed E-state index contributed by atoms with van der Waals surface area (Å²) in [7, 11) is 8.15. The molecule has 8 heteroatoms. The highest BCUT2D eigenvalue weighted by atomic mass is 16.2. The summed E-state index contributed by atoms with van der Waals surface area (Å²) in [5, 5.41) is 6.54. The fraction of sp³-hybridized carbons (Fsp3) is 0.650. The van der Waals surface area contributed by atoms with Gasteiger partial charge in [0.1, 0.15) is 0 Å². The number of carbonyl (C=O) groups excluding carboxylic acids is 2. The van der Waals surface area contributed by atoms with Crippen LogP contribution in [0.3, 0.4) is 0 Å². The number of hydrogen-bond donors (Lipinski definition) is 2. The van der Waals surface area contributed by atoms with Crippen LogP contribution in [0.5, 0.6) is 0 Å². The number of amides is 4. The minimum atomic E-state index is 0.0741. The highest BCUT2D eigenvalue weighted by Crippen LogP contribution is 2.49. The molecule has 2 N–H and O–H groups in total. The zero-order chi connectivity index (χ0) is 33.4. The Hall–Kier alpha value is -3.42. The molecule has 5 aliphatic carbocycles. The van der Waals surface area contributed by atoms with Crippen molar-refractivity contribution in [1.29, 1.82) is 0 Å². The van der Waals surface area contributed by atoms with Gasteiger partial charge < -0.3 is 30.2 Å². The van der Waals surface area contributed by atoms with Crippen molar-refractivity contribution in [1.82, 2.24) is 9.80 Å². The second kappa shape index (κ2) is 14.2. The molecular formula is C40H58N6O2. The highest BCUT2D eigenvalue weighted by molar-refractivity contribution is 5.90. The van der Waals surface area contributed by atoms with Crippen LogP contribution in [0, 0.1) is 35.5 Å². The molecule has 2 aromatic carbocycles. The Kier molecular flexibility index (Phi) is 9.79. The molecular weight excluding hydrogens is 596 g/mol. The molecule has 0 spiro atoms. The lowest BCUT2D eigenvalue weighted by molar-refractivity contribution is 0.110. The molecule has 5 fully saturated rings. The van der Waals surface area contributed by atoms with Crippen LogP contribution in [0.15, 0.2) is 48.5 Å². The van der Waals surface area contributed by atoms with Crippen molar-refractivity contribution in [2.24, 2.45) is 35.5 Å². The molecule has 2 aromatic rings. The van der Waals surface area contributed by atoms with Gasteiger partial charge >= 0.3 is 12.1 Å². The molecule has 48 heavy (non-hydrogen) atoms. The van der Waals surface area contributed by atoms with Gasteiger partial charge in [0.25, 0.3) is 0 Å². The molecule has 4 amide bonds. The Morgan fingerprint density at radius 3 is 1.21 bits per heavy atom. The van der Waals surface area contributed by atoms with E-state index in [-0.39, 0.29) is 12.1 Å². The molecule has 260 valence electrons. The first-order chi connectivity index (χ1) is 23.2. The number of fused-ring (bicyclic) bond motifs is 4. The first kappa shape index (κ1) is 33.1. The van der Waals surface area contributed by atoms with Gasteiger partial charge in [-0.25, -0.2) is 9.59 Å². The van der Waals surface area contributed by atoms with Crippen LogP contribution in [0.4, 0.5) is 32.3 Å². The summed E-state index contributed by atoms with van der Waals surface area (Å²) in [6.07, 6.45) is 14.6. The van der Waals surface area contributed by atoms with E-state index in [9.17, 15) is 9.59 Å². The molecule has 5 saturated carbocycles. The SMILES string of the molecule is CN(C)c1ccc(NC(=O)N(CC2CCC(CN(C(=O)Nc3ccc(N(C)C)cc3)C3CC4CCC3C4)CC2)C2CC3CCC2C3)cc1. The van der Waals surface area contributed by atoms with Gasteiger partial charge in [-0.2, -0.15) is 0 Å². The molecule has 5 aliphatic rings. The smallest absolute Gasteiger partial charge is 0.322 e. The Morgan fingerprint density at radius 1 is 0.542 bits per heavy atom. The fourth-order valence-electron chi connectivity index (χ4n) is 10.2. The molecule has 4 bridgehead atoms. The minimum Gasteiger partial charge on any atom is -0.378 e. The average molecular weight is 655 g/mol. The third kappa shape index (κ3) is 7.28. The van der Waals surface area contributed by atoms with E-state index in [1.54, 1.807) is 0 Å². The van der Waals surface area contributed by atoms with Crippen molar-refractivity contribution in [3.63, 3.8) is 0 Å². The van der Waals surface area contributed by atoms with E-state index in [4.69, 9.17) is 0 Å². The van der Waals surface area contributed by atoms with Gasteiger partial charge in [-0.05, 0) is 148 Å². The number of hydrogen-bond acceptors (Lipinski definition) is 4. The van der Waals surface area contributed by atoms with Crippen LogP contribution in [-0.2, 0) is 0 Å². The maximum atomic E-state index is 13.9. The number of benzene rings is 2. The van der Waals surface area contributed by atoms with E-state index in [0.29, 0.717) is 35.8 Å². The molecule has 0 aliphatic heterocycles. The van der Waals surface area contributed by atoms with Crippen molar-refractivity contribution in [3.8, 4) is 0 Å². The summed E-state index contributed by atoms with van der Waals surface area (Å²) >= 11 is 0. The maximum Gasteiger partial charge on any atom is 0.322 e. The quantitative estimate of drug-likeness (QED) is 0.270. The molecule has 6 unspecified atom stereocenters. The van der Waals surface area contributed by atoms with Gasteiger partial charge in [-0.1, -0.05) is 12.8 Å². The average Bonchev–Trinajstić information content (AvgIpc) is 3.91. The second-order valence-electron chi connectivity index (χ2n) is 16.4. The van der Waals surface area contributed by atoms with Crippen LogP contribution in [0.1, 0.15) is 77.0 Å². The van der Waals surface area contributed by atoms with Crippen molar-refractivity contribution >= 4 is 34.8 Å². The van der Waals surface area contributed by atoms with E-state index in [2.05, 4.69) is 54.5 Å². The number of carbonyl (C=O) groups is 2. The molecule has 8 nitrogen and oxygen atoms in total. The molecule has 0 saturated heterocycles. The van der Waals surface area contributed by atoms with E-state index >= 15 is 0 Å². The van der Waals surface area contributed by atoms with Gasteiger partial charge in [0.05, 0.1) is 0 Å². The van der Waals surface area contributed by atoms with Crippen LogP contribution in [-0.4, -0.2) is 75.2 Å². The van der Waals surface area contributed by atoms with Crippen LogP contribution < -0.4 is 20.4 Å². The highest BCUT2D eigenvalue weighted by Gasteiger charge is 2.46. The molecule has 6 atom stereocenters. The number of anilines is 4. The van der Waals surface area contributed by atoms with E-state index in [1.807, 2.05) is 52.5 Å². The summed E-state index contributed by atoms with van der Waals surface area (Å²) in [6, 6.07) is 17.2. The molecule has 0 aromatic heterocycles. The summed E-state index contributed by atoms with van der Waals surface area (Å²) in [5.41, 5.74) is 4.00. The zero-order valence-electron chi connectivity index (χ0n) is 29.7. The normalized spacial score (nSPS) is 30.2. The predicted molar refractivity (Wildman–Crippen MR) is 197 cm³/mol. The largest absolute Gasteiger partial charge is 0.378 e. The third-order valence-corrected chi connectivity index (χ3v) is 12.9. The Labute approximate surface area is 288 Å². The molecule has 0 heterocycles. The maximum absolute atomic E-state index is 13.9. The van der Waals surface area contributed by atoms with E-state index in [0.717, 1.165) is 73.4 Å². The van der Waals surface area contributed by atoms with Crippen LogP contribution in [0.2, 0.25) is 0 Å². The summed E-state index contributed by atoms with van der Waals surface area (Å²) in [6.45, 7) is 1.70. The lowest BCUT2D eigenvalue weighted by atomic mass is 9.80. The first-order valence-electron chi connectivity index (χ1n) is 18.9. The molecule has 0 radical (unpaired) electrons. The Morgan fingerprint density at radius 2 is 0.917 bits per heavy atom. The van der Waals surface area contributed by atoms with E-state index < -0.39 is 0 Å². The van der Waals surface area contributed by atoms with Crippen molar-refractivity contribution in [2.75, 3.05) is 61.7 Å². The van der Waals surface area contributed by atoms with Gasteiger partial charge in [0.15, 0.2) is 0 Å². The number of nitrogens with zero attached hydrogens (tertiary/aromatic N) is 4. The summed E-state index contributed by atoms with van der Waals surface area (Å²) < 4.78 is 0. The van der Waals surface area contributed by atoms with Crippen LogP contribution >= 0.6 is 0 Å². The monoisotopic (exact) mass is 654 g/mol. The zero-order valence-corrected chi connectivity index (χ0v) is 29.7. The fourth-order valence-corrected chi connectivity index (χ4v) is 10.2. The number of nitrogens with one attached hydrogen (secondary N) is 2. The lowest BCUT2D eigenvalue weighted by Gasteiger charge is -2.41. The Bertz CT molecular complexity index is 1290. The van der Waals surface area contributed by atoms with Crippen molar-refractivity contribution in [2.45, 2.75) is 89.1 Å². The van der Waals surface area contributed by atoms with Gasteiger partial charge in [0, 0.05) is 76.1 Å².